The molecule has 7 nitrogen and oxygen atoms in total. The van der Waals surface area contributed by atoms with E-state index in [0.717, 1.165) is 0 Å². The van der Waals surface area contributed by atoms with E-state index in [1.807, 2.05) is 0 Å². The number of carbonyl (C=O) groups excluding carboxylic acids is 2. The first-order valence-corrected chi connectivity index (χ1v) is 8.51. The lowest BCUT2D eigenvalue weighted by Crippen LogP contribution is -2.31. The summed E-state index contributed by atoms with van der Waals surface area (Å²) in [5.41, 5.74) is 1.05. The number of aliphatic hydroxyl groups excluding tert-OH is 1. The van der Waals surface area contributed by atoms with Crippen LogP contribution >= 0.6 is 0 Å². The Morgan fingerprint density at radius 1 is 1.15 bits per heavy atom. The summed E-state index contributed by atoms with van der Waals surface area (Å²) in [4.78, 5) is 30.7. The number of aromatic hydroxyl groups is 1. The monoisotopic (exact) mass is 368 g/mol. The van der Waals surface area contributed by atoms with Crippen molar-refractivity contribution >= 4 is 17.4 Å². The Hall–Kier alpha value is -3.19. The second-order valence-corrected chi connectivity index (χ2v) is 6.17. The van der Waals surface area contributed by atoms with E-state index in [2.05, 4.69) is 4.98 Å². The predicted octanol–water partition coefficient (Wildman–Crippen LogP) is 2.25. The highest BCUT2D eigenvalue weighted by atomic mass is 16.5. The Kier molecular flexibility index (Phi) is 5.52. The van der Waals surface area contributed by atoms with E-state index in [9.17, 15) is 19.8 Å². The summed E-state index contributed by atoms with van der Waals surface area (Å²) < 4.78 is 5.04. The van der Waals surface area contributed by atoms with Crippen LogP contribution in [0.5, 0.6) is 5.75 Å². The van der Waals surface area contributed by atoms with Crippen molar-refractivity contribution in [2.45, 2.75) is 12.5 Å². The SMILES string of the molecule is COCCCN1C(=O)C(=O)/C(=C(/O)c2ccncc2)C1c1ccc(O)cc1. The highest BCUT2D eigenvalue weighted by molar-refractivity contribution is 6.46. The molecule has 0 bridgehead atoms. The fourth-order valence-electron chi connectivity index (χ4n) is 3.16. The third-order valence-electron chi connectivity index (χ3n) is 4.45. The van der Waals surface area contributed by atoms with E-state index in [4.69, 9.17) is 4.74 Å². The van der Waals surface area contributed by atoms with Gasteiger partial charge in [-0.3, -0.25) is 14.6 Å². The van der Waals surface area contributed by atoms with Crippen LogP contribution < -0.4 is 0 Å². The molecule has 1 aliphatic rings. The van der Waals surface area contributed by atoms with Crippen LogP contribution in [0.2, 0.25) is 0 Å². The molecule has 0 saturated carbocycles. The molecule has 2 aromatic rings. The Bertz CT molecular complexity index is 862. The summed E-state index contributed by atoms with van der Waals surface area (Å²) in [6, 6.07) is 8.64. The van der Waals surface area contributed by atoms with Crippen LogP contribution in [0.4, 0.5) is 0 Å². The normalized spacial score (nSPS) is 18.9. The Morgan fingerprint density at radius 3 is 2.44 bits per heavy atom. The quantitative estimate of drug-likeness (QED) is 0.351. The number of benzene rings is 1. The van der Waals surface area contributed by atoms with Crippen molar-refractivity contribution in [1.82, 2.24) is 9.88 Å². The zero-order valence-corrected chi connectivity index (χ0v) is 14.8. The lowest BCUT2D eigenvalue weighted by molar-refractivity contribution is -0.140. The standard InChI is InChI=1S/C20H20N2O5/c1-27-12-2-11-22-17(13-3-5-15(23)6-4-13)16(19(25)20(22)26)18(24)14-7-9-21-10-8-14/h3-10,17,23-24H,2,11-12H2,1H3/b18-16+. The third-order valence-corrected chi connectivity index (χ3v) is 4.45. The highest BCUT2D eigenvalue weighted by Gasteiger charge is 2.45. The molecule has 27 heavy (non-hydrogen) atoms. The van der Waals surface area contributed by atoms with E-state index in [-0.39, 0.29) is 17.1 Å². The van der Waals surface area contributed by atoms with E-state index < -0.39 is 17.7 Å². The van der Waals surface area contributed by atoms with Gasteiger partial charge in [-0.1, -0.05) is 12.1 Å². The predicted molar refractivity (Wildman–Crippen MR) is 97.8 cm³/mol. The maximum atomic E-state index is 12.7. The van der Waals surface area contributed by atoms with E-state index in [1.54, 1.807) is 31.4 Å². The number of hydrogen-bond acceptors (Lipinski definition) is 6. The summed E-state index contributed by atoms with van der Waals surface area (Å²) in [5, 5.41) is 20.3. The van der Waals surface area contributed by atoms with E-state index in [1.165, 1.54) is 29.4 Å². The van der Waals surface area contributed by atoms with Crippen molar-refractivity contribution in [3.05, 3.63) is 65.5 Å². The third kappa shape index (κ3) is 3.68. The number of pyridine rings is 1. The molecule has 1 aliphatic heterocycles. The number of ketones is 1. The molecule has 1 aromatic heterocycles. The van der Waals surface area contributed by atoms with Crippen LogP contribution in [0, 0.1) is 0 Å². The van der Waals surface area contributed by atoms with Gasteiger partial charge in [0, 0.05) is 38.2 Å². The largest absolute Gasteiger partial charge is 0.508 e. The van der Waals surface area contributed by atoms with Crippen molar-refractivity contribution < 1.29 is 24.5 Å². The molecule has 1 unspecified atom stereocenters. The number of aromatic nitrogens is 1. The lowest BCUT2D eigenvalue weighted by atomic mass is 9.95. The number of carbonyl (C=O) groups is 2. The van der Waals surface area contributed by atoms with Crippen LogP contribution in [-0.2, 0) is 14.3 Å². The van der Waals surface area contributed by atoms with Gasteiger partial charge < -0.3 is 19.8 Å². The van der Waals surface area contributed by atoms with Crippen LogP contribution in [0.3, 0.4) is 0 Å². The number of nitrogens with zero attached hydrogens (tertiary/aromatic N) is 2. The smallest absolute Gasteiger partial charge is 0.295 e. The van der Waals surface area contributed by atoms with E-state index >= 15 is 0 Å². The average molecular weight is 368 g/mol. The number of methoxy groups -OCH3 is 1. The molecule has 140 valence electrons. The molecule has 2 heterocycles. The van der Waals surface area contributed by atoms with Crippen molar-refractivity contribution in [3.63, 3.8) is 0 Å². The minimum absolute atomic E-state index is 0.0225. The van der Waals surface area contributed by atoms with Gasteiger partial charge in [0.1, 0.15) is 11.5 Å². The van der Waals surface area contributed by atoms with Crippen molar-refractivity contribution in [3.8, 4) is 5.75 Å². The number of hydrogen-bond donors (Lipinski definition) is 2. The first kappa shape index (κ1) is 18.6. The van der Waals surface area contributed by atoms with Crippen LogP contribution in [0.15, 0.2) is 54.4 Å². The van der Waals surface area contributed by atoms with Crippen LogP contribution in [0.25, 0.3) is 5.76 Å². The Labute approximate surface area is 156 Å². The molecule has 3 rings (SSSR count). The van der Waals surface area contributed by atoms with Gasteiger partial charge in [-0.25, -0.2) is 0 Å². The maximum Gasteiger partial charge on any atom is 0.295 e. The van der Waals surface area contributed by atoms with Gasteiger partial charge in [-0.2, -0.15) is 0 Å². The fourth-order valence-corrected chi connectivity index (χ4v) is 3.16. The maximum absolute atomic E-state index is 12.7. The molecule has 0 spiro atoms. The summed E-state index contributed by atoms with van der Waals surface area (Å²) in [6.07, 6.45) is 3.55. The van der Waals surface area contributed by atoms with Gasteiger partial charge in [0.2, 0.25) is 0 Å². The number of amides is 1. The second-order valence-electron chi connectivity index (χ2n) is 6.17. The van der Waals surface area contributed by atoms with Crippen molar-refractivity contribution in [2.75, 3.05) is 20.3 Å². The van der Waals surface area contributed by atoms with Gasteiger partial charge in [0.25, 0.3) is 11.7 Å². The van der Waals surface area contributed by atoms with Gasteiger partial charge in [-0.05, 0) is 36.2 Å². The summed E-state index contributed by atoms with van der Waals surface area (Å²) in [7, 11) is 1.56. The zero-order valence-electron chi connectivity index (χ0n) is 14.8. The van der Waals surface area contributed by atoms with E-state index in [0.29, 0.717) is 30.7 Å². The number of ether oxygens (including phenoxy) is 1. The number of phenols is 1. The molecule has 0 aliphatic carbocycles. The topological polar surface area (TPSA) is 100.0 Å². The molecule has 1 amide bonds. The van der Waals surface area contributed by atoms with Crippen LogP contribution in [0.1, 0.15) is 23.6 Å². The van der Waals surface area contributed by atoms with Crippen molar-refractivity contribution in [1.29, 1.82) is 0 Å². The van der Waals surface area contributed by atoms with Gasteiger partial charge in [0.15, 0.2) is 0 Å². The lowest BCUT2D eigenvalue weighted by Gasteiger charge is -2.25. The fraction of sp³-hybridized carbons (Fsp3) is 0.250. The van der Waals surface area contributed by atoms with Gasteiger partial charge in [-0.15, -0.1) is 0 Å². The summed E-state index contributed by atoms with van der Waals surface area (Å²) in [6.45, 7) is 0.743. The molecule has 1 atom stereocenters. The molecular formula is C20H20N2O5. The molecule has 0 radical (unpaired) electrons. The molecular weight excluding hydrogens is 348 g/mol. The van der Waals surface area contributed by atoms with Crippen molar-refractivity contribution in [2.24, 2.45) is 0 Å². The molecule has 1 aromatic carbocycles. The average Bonchev–Trinajstić information content (AvgIpc) is 2.94. The minimum atomic E-state index is -0.740. The Balaban J connectivity index is 2.10. The van der Waals surface area contributed by atoms with Crippen LogP contribution in [-0.4, -0.2) is 52.0 Å². The molecule has 1 saturated heterocycles. The van der Waals surface area contributed by atoms with Gasteiger partial charge >= 0.3 is 0 Å². The first-order valence-electron chi connectivity index (χ1n) is 8.51. The zero-order chi connectivity index (χ0) is 19.4. The molecule has 2 N–H and O–H groups in total. The number of Topliss-reactive ketones (excluding diaryl/α,β-unsaturated/α-hetero) is 1. The van der Waals surface area contributed by atoms with Gasteiger partial charge in [0.05, 0.1) is 11.6 Å². The summed E-state index contributed by atoms with van der Waals surface area (Å²) >= 11 is 0. The summed E-state index contributed by atoms with van der Waals surface area (Å²) in [5.74, 6) is -1.58. The molecule has 7 heteroatoms. The number of likely N-dealkylation sites (tertiary alicyclic amines) is 1. The Morgan fingerprint density at radius 2 is 1.81 bits per heavy atom. The number of phenolic OH excluding ortho intramolecular Hbond substituents is 1. The minimum Gasteiger partial charge on any atom is -0.508 e. The molecule has 1 fully saturated rings. The second kappa shape index (κ2) is 8.01. The highest BCUT2D eigenvalue weighted by Crippen LogP contribution is 2.39. The number of aliphatic hydroxyl groups is 1. The number of rotatable bonds is 6. The first-order chi connectivity index (χ1) is 13.0.